The maximum absolute atomic E-state index is 5.37. The van der Waals surface area contributed by atoms with Gasteiger partial charge in [-0.15, -0.1) is 17.0 Å². The Morgan fingerprint density at radius 3 is 3.00 bits per heavy atom. The van der Waals surface area contributed by atoms with Crippen molar-refractivity contribution < 1.29 is 0 Å². The van der Waals surface area contributed by atoms with Crippen molar-refractivity contribution in [2.75, 3.05) is 25.4 Å². The fourth-order valence-electron chi connectivity index (χ4n) is 0.860. The number of nitrogens with zero attached hydrogens (tertiary/aromatic N) is 1. The van der Waals surface area contributed by atoms with Gasteiger partial charge in [-0.3, -0.25) is 4.99 Å². The summed E-state index contributed by atoms with van der Waals surface area (Å²) in [7, 11) is 0. The molecule has 0 amide bonds. The molecule has 3 nitrogen and oxygen atoms in total. The molecule has 5 heteroatoms. The summed E-state index contributed by atoms with van der Waals surface area (Å²) in [4.78, 5) is 4.33. The van der Waals surface area contributed by atoms with Crippen LogP contribution in [0.25, 0.3) is 0 Å². The lowest BCUT2D eigenvalue weighted by Gasteiger charge is -2.12. The number of halogens is 1. The minimum Gasteiger partial charge on any atom is -0.365 e. The molecular formula is C7H16BrN3S. The third kappa shape index (κ3) is 5.00. The number of thioether (sulfide) groups is 1. The van der Waals surface area contributed by atoms with Crippen LogP contribution in [0.3, 0.4) is 0 Å². The van der Waals surface area contributed by atoms with Crippen LogP contribution in [0.1, 0.15) is 12.8 Å². The van der Waals surface area contributed by atoms with E-state index in [9.17, 15) is 0 Å². The molecule has 0 atom stereocenters. The smallest absolute Gasteiger partial charge is 0.156 e. The molecule has 1 heterocycles. The number of amidine groups is 1. The third-order valence-corrected chi connectivity index (χ3v) is 2.49. The van der Waals surface area contributed by atoms with Gasteiger partial charge in [0, 0.05) is 18.8 Å². The van der Waals surface area contributed by atoms with Crippen LogP contribution in [-0.2, 0) is 0 Å². The van der Waals surface area contributed by atoms with Gasteiger partial charge in [-0.2, -0.15) is 0 Å². The number of nitrogens with two attached hydrogens (primary N) is 1. The van der Waals surface area contributed by atoms with Gasteiger partial charge in [0.05, 0.1) is 0 Å². The van der Waals surface area contributed by atoms with Gasteiger partial charge < -0.3 is 11.1 Å². The van der Waals surface area contributed by atoms with E-state index in [0.717, 1.165) is 37.0 Å². The highest BCUT2D eigenvalue weighted by Gasteiger charge is 2.02. The number of hydrogen-bond acceptors (Lipinski definition) is 4. The minimum absolute atomic E-state index is 0. The highest BCUT2D eigenvalue weighted by Crippen LogP contribution is 2.06. The van der Waals surface area contributed by atoms with Gasteiger partial charge in [0.2, 0.25) is 0 Å². The van der Waals surface area contributed by atoms with Gasteiger partial charge in [0.15, 0.2) is 5.17 Å². The first kappa shape index (κ1) is 12.3. The van der Waals surface area contributed by atoms with E-state index in [4.69, 9.17) is 5.73 Å². The lowest BCUT2D eigenvalue weighted by molar-refractivity contribution is 0.751. The van der Waals surface area contributed by atoms with Gasteiger partial charge in [0.25, 0.3) is 0 Å². The molecule has 1 rings (SSSR count). The van der Waals surface area contributed by atoms with Crippen LogP contribution in [0.4, 0.5) is 0 Å². The Morgan fingerprint density at radius 1 is 1.58 bits per heavy atom. The molecule has 0 saturated carbocycles. The standard InChI is InChI=1S/C7H15N3S.BrH/c8-3-1-6-11-7-9-4-2-5-10-7;/h1-6,8H2,(H,9,10);1H. The third-order valence-electron chi connectivity index (χ3n) is 1.45. The summed E-state index contributed by atoms with van der Waals surface area (Å²) >= 11 is 1.78. The molecular weight excluding hydrogens is 238 g/mol. The number of nitrogens with one attached hydrogen (secondary N) is 1. The molecule has 12 heavy (non-hydrogen) atoms. The van der Waals surface area contributed by atoms with Crippen molar-refractivity contribution >= 4 is 33.9 Å². The number of aliphatic imine (C=N–C) groups is 1. The van der Waals surface area contributed by atoms with E-state index < -0.39 is 0 Å². The van der Waals surface area contributed by atoms with E-state index in [-0.39, 0.29) is 17.0 Å². The molecule has 1 aliphatic rings. The highest BCUT2D eigenvalue weighted by atomic mass is 79.9. The van der Waals surface area contributed by atoms with Crippen molar-refractivity contribution in [2.24, 2.45) is 10.7 Å². The summed E-state index contributed by atoms with van der Waals surface area (Å²) in [6, 6.07) is 0. The van der Waals surface area contributed by atoms with Crippen LogP contribution >= 0.6 is 28.7 Å². The van der Waals surface area contributed by atoms with Crippen LogP contribution in [-0.4, -0.2) is 30.6 Å². The monoisotopic (exact) mass is 253 g/mol. The minimum atomic E-state index is 0. The van der Waals surface area contributed by atoms with Crippen LogP contribution in [0.5, 0.6) is 0 Å². The van der Waals surface area contributed by atoms with E-state index in [0.29, 0.717) is 0 Å². The second kappa shape index (κ2) is 7.89. The van der Waals surface area contributed by atoms with E-state index in [1.54, 1.807) is 11.8 Å². The van der Waals surface area contributed by atoms with E-state index in [1.165, 1.54) is 6.42 Å². The maximum atomic E-state index is 5.37. The average molecular weight is 254 g/mol. The molecule has 1 aliphatic heterocycles. The second-order valence-electron chi connectivity index (χ2n) is 2.46. The number of hydrogen-bond donors (Lipinski definition) is 2. The van der Waals surface area contributed by atoms with Gasteiger partial charge in [-0.1, -0.05) is 11.8 Å². The molecule has 0 aliphatic carbocycles. The molecule has 0 unspecified atom stereocenters. The zero-order chi connectivity index (χ0) is 7.94. The molecule has 0 aromatic rings. The van der Waals surface area contributed by atoms with Crippen LogP contribution in [0.2, 0.25) is 0 Å². The molecule has 0 fully saturated rings. The largest absolute Gasteiger partial charge is 0.365 e. The first-order valence-corrected chi connectivity index (χ1v) is 5.03. The van der Waals surface area contributed by atoms with Crippen LogP contribution in [0.15, 0.2) is 4.99 Å². The SMILES string of the molecule is Br.NCCCSC1=NCCCN1. The summed E-state index contributed by atoms with van der Waals surface area (Å²) in [6.07, 6.45) is 2.24. The Bertz CT molecular complexity index is 141. The van der Waals surface area contributed by atoms with Crippen LogP contribution in [0, 0.1) is 0 Å². The quantitative estimate of drug-likeness (QED) is 0.739. The Morgan fingerprint density at radius 2 is 2.42 bits per heavy atom. The predicted octanol–water partition coefficient (Wildman–Crippen LogP) is 0.996. The van der Waals surface area contributed by atoms with Gasteiger partial charge in [-0.25, -0.2) is 0 Å². The van der Waals surface area contributed by atoms with Crippen LogP contribution < -0.4 is 11.1 Å². The second-order valence-corrected chi connectivity index (χ2v) is 3.54. The molecule has 0 saturated heterocycles. The van der Waals surface area contributed by atoms with E-state index in [1.807, 2.05) is 0 Å². The lowest BCUT2D eigenvalue weighted by Crippen LogP contribution is -2.27. The fourth-order valence-corrected chi connectivity index (χ4v) is 1.75. The van der Waals surface area contributed by atoms with E-state index >= 15 is 0 Å². The molecule has 72 valence electrons. The first-order chi connectivity index (χ1) is 5.43. The normalized spacial score (nSPS) is 15.9. The highest BCUT2D eigenvalue weighted by molar-refractivity contribution is 8.93. The summed E-state index contributed by atoms with van der Waals surface area (Å²) in [6.45, 7) is 2.84. The van der Waals surface area contributed by atoms with Crippen molar-refractivity contribution in [2.45, 2.75) is 12.8 Å². The van der Waals surface area contributed by atoms with Crippen molar-refractivity contribution in [3.8, 4) is 0 Å². The predicted molar refractivity (Wildman–Crippen MR) is 61.4 cm³/mol. The van der Waals surface area contributed by atoms with Crippen molar-refractivity contribution in [1.29, 1.82) is 0 Å². The topological polar surface area (TPSA) is 50.4 Å². The lowest BCUT2D eigenvalue weighted by atomic mass is 10.4. The fraction of sp³-hybridized carbons (Fsp3) is 0.857. The Kier molecular flexibility index (Phi) is 8.06. The van der Waals surface area contributed by atoms with Gasteiger partial charge in [0.1, 0.15) is 0 Å². The van der Waals surface area contributed by atoms with Crippen molar-refractivity contribution in [1.82, 2.24) is 5.32 Å². The van der Waals surface area contributed by atoms with E-state index in [2.05, 4.69) is 10.3 Å². The molecule has 0 aromatic heterocycles. The zero-order valence-corrected chi connectivity index (χ0v) is 9.61. The summed E-state index contributed by atoms with van der Waals surface area (Å²) in [5.41, 5.74) is 5.37. The Hall–Kier alpha value is 0.260. The summed E-state index contributed by atoms with van der Waals surface area (Å²) in [5.74, 6) is 1.09. The zero-order valence-electron chi connectivity index (χ0n) is 7.08. The Balaban J connectivity index is 0.00000121. The first-order valence-electron chi connectivity index (χ1n) is 4.04. The molecule has 3 N–H and O–H groups in total. The van der Waals surface area contributed by atoms with Crippen molar-refractivity contribution in [3.05, 3.63) is 0 Å². The summed E-state index contributed by atoms with van der Waals surface area (Å²) in [5, 5.41) is 4.35. The molecule has 0 bridgehead atoms. The number of rotatable bonds is 3. The van der Waals surface area contributed by atoms with Gasteiger partial charge >= 0.3 is 0 Å². The maximum Gasteiger partial charge on any atom is 0.156 e. The van der Waals surface area contributed by atoms with Crippen molar-refractivity contribution in [3.63, 3.8) is 0 Å². The average Bonchev–Trinajstić information content (AvgIpc) is 2.07. The molecule has 0 radical (unpaired) electrons. The van der Waals surface area contributed by atoms with Gasteiger partial charge in [-0.05, 0) is 19.4 Å². The Labute approximate surface area is 88.3 Å². The summed E-state index contributed by atoms with van der Waals surface area (Å²) < 4.78 is 0. The molecule has 0 aromatic carbocycles. The molecule has 0 spiro atoms.